The van der Waals surface area contributed by atoms with Crippen LogP contribution in [-0.4, -0.2) is 23.1 Å². The van der Waals surface area contributed by atoms with Gasteiger partial charge in [-0.1, -0.05) is 24.3 Å². The Morgan fingerprint density at radius 1 is 1.11 bits per heavy atom. The molecule has 0 amide bonds. The van der Waals surface area contributed by atoms with Gasteiger partial charge in [-0.2, -0.15) is 4.98 Å². The number of nitrogens with one attached hydrogen (secondary N) is 1. The first-order chi connectivity index (χ1) is 13.6. The number of nitrogens with zero attached hydrogens (tertiary/aromatic N) is 3. The van der Waals surface area contributed by atoms with Crippen LogP contribution in [0.3, 0.4) is 0 Å². The predicted molar refractivity (Wildman–Crippen MR) is 109 cm³/mol. The number of halogens is 2. The molecule has 2 heterocycles. The minimum atomic E-state index is -0.313. The van der Waals surface area contributed by atoms with Crippen LogP contribution < -0.4 is 10.2 Å². The highest BCUT2D eigenvalue weighted by molar-refractivity contribution is 5.85. The molecule has 0 radical (unpaired) electrons. The molecule has 0 bridgehead atoms. The summed E-state index contributed by atoms with van der Waals surface area (Å²) >= 11 is 0. The maximum absolute atomic E-state index is 14.5. The Kier molecular flexibility index (Phi) is 4.77. The number of aromatic nitrogens is 2. The van der Waals surface area contributed by atoms with Crippen LogP contribution in [0.15, 0.2) is 48.5 Å². The highest BCUT2D eigenvalue weighted by atomic mass is 19.1. The number of aryl methyl sites for hydroxylation is 1. The molecule has 6 heteroatoms. The summed E-state index contributed by atoms with van der Waals surface area (Å²) in [6, 6.07) is 11.3. The lowest BCUT2D eigenvalue weighted by Crippen LogP contribution is -2.24. The Hall–Kier alpha value is -3.28. The van der Waals surface area contributed by atoms with Gasteiger partial charge in [-0.15, -0.1) is 0 Å². The van der Waals surface area contributed by atoms with Gasteiger partial charge in [0.1, 0.15) is 17.5 Å². The van der Waals surface area contributed by atoms with Gasteiger partial charge in [-0.25, -0.2) is 13.8 Å². The molecular weight excluding hydrogens is 358 g/mol. The van der Waals surface area contributed by atoms with Crippen molar-refractivity contribution in [2.24, 2.45) is 0 Å². The zero-order valence-corrected chi connectivity index (χ0v) is 15.7. The number of para-hydroxylation sites is 1. The van der Waals surface area contributed by atoms with Crippen molar-refractivity contribution >= 4 is 23.5 Å². The van der Waals surface area contributed by atoms with Crippen molar-refractivity contribution in [1.82, 2.24) is 9.97 Å². The fourth-order valence-electron chi connectivity index (χ4n) is 3.40. The molecule has 28 heavy (non-hydrogen) atoms. The zero-order valence-electron chi connectivity index (χ0n) is 15.7. The Labute approximate surface area is 162 Å². The fourth-order valence-corrected chi connectivity index (χ4v) is 3.40. The molecule has 1 aromatic heterocycles. The molecule has 0 unspecified atom stereocenters. The van der Waals surface area contributed by atoms with E-state index in [9.17, 15) is 8.78 Å². The van der Waals surface area contributed by atoms with E-state index in [0.717, 1.165) is 16.7 Å². The molecule has 0 spiro atoms. The summed E-state index contributed by atoms with van der Waals surface area (Å²) in [5.41, 5.74) is 3.52. The molecule has 2 aromatic carbocycles. The molecule has 0 saturated carbocycles. The smallest absolute Gasteiger partial charge is 0.225 e. The van der Waals surface area contributed by atoms with Crippen molar-refractivity contribution in [3.8, 4) is 11.3 Å². The molecule has 0 saturated heterocycles. The Balaban J connectivity index is 1.95. The maximum Gasteiger partial charge on any atom is 0.225 e. The van der Waals surface area contributed by atoms with E-state index >= 15 is 0 Å². The highest BCUT2D eigenvalue weighted by Crippen LogP contribution is 2.38. The molecular formula is C22H20F2N4. The van der Waals surface area contributed by atoms with E-state index in [2.05, 4.69) is 15.3 Å². The van der Waals surface area contributed by atoms with E-state index in [-0.39, 0.29) is 11.6 Å². The van der Waals surface area contributed by atoms with Gasteiger partial charge in [0, 0.05) is 24.2 Å². The normalized spacial score (nSPS) is 12.8. The topological polar surface area (TPSA) is 41.1 Å². The Morgan fingerprint density at radius 2 is 1.93 bits per heavy atom. The van der Waals surface area contributed by atoms with E-state index in [1.54, 1.807) is 24.3 Å². The van der Waals surface area contributed by atoms with Crippen LogP contribution in [0.4, 0.5) is 26.2 Å². The van der Waals surface area contributed by atoms with E-state index in [1.165, 1.54) is 18.2 Å². The van der Waals surface area contributed by atoms with Gasteiger partial charge in [0.15, 0.2) is 0 Å². The molecule has 0 fully saturated rings. The Bertz CT molecular complexity index is 1060. The first-order valence-corrected chi connectivity index (χ1v) is 9.19. The van der Waals surface area contributed by atoms with Crippen molar-refractivity contribution < 1.29 is 8.78 Å². The van der Waals surface area contributed by atoms with Crippen molar-refractivity contribution in [2.75, 3.05) is 23.3 Å². The minimum Gasteiger partial charge on any atom is -0.354 e. The van der Waals surface area contributed by atoms with Crippen LogP contribution >= 0.6 is 0 Å². The highest BCUT2D eigenvalue weighted by Gasteiger charge is 2.24. The van der Waals surface area contributed by atoms with Crippen LogP contribution in [-0.2, 0) is 0 Å². The summed E-state index contributed by atoms with van der Waals surface area (Å²) in [5.74, 6) is 0.473. The molecule has 1 N–H and O–H groups in total. The lowest BCUT2D eigenvalue weighted by Gasteiger charge is -2.29. The Morgan fingerprint density at radius 3 is 2.68 bits per heavy atom. The number of fused-ring (bicyclic) bond motifs is 1. The van der Waals surface area contributed by atoms with E-state index in [1.807, 2.05) is 30.9 Å². The van der Waals surface area contributed by atoms with Gasteiger partial charge in [-0.3, -0.25) is 0 Å². The minimum absolute atomic E-state index is 0.292. The lowest BCUT2D eigenvalue weighted by atomic mass is 9.99. The van der Waals surface area contributed by atoms with Gasteiger partial charge in [0.25, 0.3) is 0 Å². The fraction of sp³-hybridized carbons (Fsp3) is 0.182. The molecule has 0 atom stereocenters. The lowest BCUT2D eigenvalue weighted by molar-refractivity contribution is 0.625. The van der Waals surface area contributed by atoms with Crippen LogP contribution in [0.1, 0.15) is 18.1 Å². The second kappa shape index (κ2) is 7.38. The molecule has 1 aliphatic heterocycles. The van der Waals surface area contributed by atoms with E-state index in [4.69, 9.17) is 0 Å². The zero-order chi connectivity index (χ0) is 19.7. The number of benzene rings is 2. The van der Waals surface area contributed by atoms with Crippen molar-refractivity contribution in [2.45, 2.75) is 13.8 Å². The third-order valence-electron chi connectivity index (χ3n) is 4.68. The van der Waals surface area contributed by atoms with E-state index in [0.29, 0.717) is 36.2 Å². The monoisotopic (exact) mass is 378 g/mol. The van der Waals surface area contributed by atoms with Gasteiger partial charge in [-0.05, 0) is 49.7 Å². The molecule has 0 aliphatic carbocycles. The number of anilines is 3. The maximum atomic E-state index is 14.5. The third-order valence-corrected chi connectivity index (χ3v) is 4.68. The molecule has 4 nitrogen and oxygen atoms in total. The second-order valence-electron chi connectivity index (χ2n) is 6.59. The summed E-state index contributed by atoms with van der Waals surface area (Å²) in [7, 11) is 0. The van der Waals surface area contributed by atoms with Crippen molar-refractivity contribution in [3.05, 3.63) is 71.3 Å². The summed E-state index contributed by atoms with van der Waals surface area (Å²) in [4.78, 5) is 11.1. The number of hydrogen-bond donors (Lipinski definition) is 1. The molecule has 1 aliphatic rings. The molecule has 142 valence electrons. The second-order valence-corrected chi connectivity index (χ2v) is 6.59. The van der Waals surface area contributed by atoms with Crippen molar-refractivity contribution in [1.29, 1.82) is 0 Å². The van der Waals surface area contributed by atoms with E-state index < -0.39 is 0 Å². The summed E-state index contributed by atoms with van der Waals surface area (Å²) in [6.45, 7) is 4.95. The molecule has 4 rings (SSSR count). The largest absolute Gasteiger partial charge is 0.354 e. The summed E-state index contributed by atoms with van der Waals surface area (Å²) < 4.78 is 28.1. The number of hydrogen-bond acceptors (Lipinski definition) is 4. The quantitative estimate of drug-likeness (QED) is 0.666. The van der Waals surface area contributed by atoms with Crippen LogP contribution in [0.25, 0.3) is 17.3 Å². The average Bonchev–Trinajstić information content (AvgIpc) is 2.68. The molecule has 3 aromatic rings. The average molecular weight is 378 g/mol. The van der Waals surface area contributed by atoms with Gasteiger partial charge >= 0.3 is 0 Å². The van der Waals surface area contributed by atoms with Crippen molar-refractivity contribution in [3.63, 3.8) is 0 Å². The standard InChI is InChI=1S/C22H20F2N4/c1-3-25-22-26-20(16-11-10-15(23)13-14(16)2)17-7-6-12-28(21(17)27-22)19-9-5-4-8-18(19)24/h4-11,13H,3,12H2,1-2H3,(H,25,26,27). The third kappa shape index (κ3) is 3.22. The number of rotatable bonds is 4. The first-order valence-electron chi connectivity index (χ1n) is 9.19. The first kappa shape index (κ1) is 18.1. The van der Waals surface area contributed by atoms with Crippen LogP contribution in [0.5, 0.6) is 0 Å². The van der Waals surface area contributed by atoms with Gasteiger partial charge in [0.2, 0.25) is 5.95 Å². The summed E-state index contributed by atoms with van der Waals surface area (Å²) in [6.07, 6.45) is 3.90. The predicted octanol–water partition coefficient (Wildman–Crippen LogP) is 5.33. The van der Waals surface area contributed by atoms with Crippen LogP contribution in [0.2, 0.25) is 0 Å². The van der Waals surface area contributed by atoms with Gasteiger partial charge in [0.05, 0.1) is 11.4 Å². The summed E-state index contributed by atoms with van der Waals surface area (Å²) in [5, 5.41) is 3.14. The van der Waals surface area contributed by atoms with Gasteiger partial charge < -0.3 is 10.2 Å². The van der Waals surface area contributed by atoms with Crippen LogP contribution in [0, 0.1) is 18.6 Å². The SMILES string of the molecule is CCNc1nc(-c2ccc(F)cc2C)c2c(n1)N(c1ccccc1F)CC=C2.